The fourth-order valence-corrected chi connectivity index (χ4v) is 2.42. The molecule has 0 radical (unpaired) electrons. The number of nitrogens with two attached hydrogens (primary N) is 2. The Bertz CT molecular complexity index is 785. The van der Waals surface area contributed by atoms with E-state index in [9.17, 15) is 38.7 Å². The number of aliphatic carboxylic acids is 3. The summed E-state index contributed by atoms with van der Waals surface area (Å²) in [7, 11) is 0. The first-order valence-corrected chi connectivity index (χ1v) is 9.45. The first-order valence-electron chi connectivity index (χ1n) is 9.45. The van der Waals surface area contributed by atoms with Gasteiger partial charge < -0.3 is 47.8 Å². The van der Waals surface area contributed by atoms with Crippen molar-refractivity contribution in [3.63, 3.8) is 0 Å². The number of primary amides is 1. The highest BCUT2D eigenvalue weighted by Gasteiger charge is 2.33. The van der Waals surface area contributed by atoms with Crippen LogP contribution in [0.2, 0.25) is 0 Å². The summed E-state index contributed by atoms with van der Waals surface area (Å²) >= 11 is 0. The second-order valence-corrected chi connectivity index (χ2v) is 6.99. The van der Waals surface area contributed by atoms with E-state index >= 15 is 0 Å². The molecule has 0 bridgehead atoms. The van der Waals surface area contributed by atoms with Crippen LogP contribution in [0.25, 0.3) is 0 Å². The highest BCUT2D eigenvalue weighted by molar-refractivity contribution is 5.95. The Balaban J connectivity index is 5.52. The van der Waals surface area contributed by atoms with Gasteiger partial charge in [0, 0.05) is 6.42 Å². The SMILES string of the molecule is CC(O)C(NC(=O)C(CCC(=O)O)NC(=O)C(N)CC(N)=O)C(=O)NC(CC(=O)O)C(=O)O. The van der Waals surface area contributed by atoms with Crippen LogP contribution < -0.4 is 27.4 Å². The van der Waals surface area contributed by atoms with Crippen molar-refractivity contribution in [3.05, 3.63) is 0 Å². The molecule has 11 N–H and O–H groups in total. The van der Waals surface area contributed by atoms with Crippen molar-refractivity contribution in [2.75, 3.05) is 0 Å². The van der Waals surface area contributed by atoms with Gasteiger partial charge in [0.25, 0.3) is 0 Å². The maximum atomic E-state index is 12.6. The number of rotatable bonds is 15. The van der Waals surface area contributed by atoms with Crippen molar-refractivity contribution >= 4 is 41.5 Å². The van der Waals surface area contributed by atoms with Gasteiger partial charge in [0.2, 0.25) is 23.6 Å². The van der Waals surface area contributed by atoms with Crippen LogP contribution in [0.5, 0.6) is 0 Å². The maximum Gasteiger partial charge on any atom is 0.326 e. The van der Waals surface area contributed by atoms with E-state index in [0.29, 0.717) is 0 Å². The molecule has 0 saturated carbocycles. The third kappa shape index (κ3) is 11.4. The molecule has 0 aliphatic rings. The normalized spacial score (nSPS) is 15.1. The summed E-state index contributed by atoms with van der Waals surface area (Å²) in [5, 5.41) is 42.5. The molecule has 5 atom stereocenters. The summed E-state index contributed by atoms with van der Waals surface area (Å²) in [6.45, 7) is 1.06. The fourth-order valence-electron chi connectivity index (χ4n) is 2.42. The molecule has 33 heavy (non-hydrogen) atoms. The largest absolute Gasteiger partial charge is 0.481 e. The predicted octanol–water partition coefficient (Wildman–Crippen LogP) is -4.55. The number of hydrogen-bond donors (Lipinski definition) is 9. The lowest BCUT2D eigenvalue weighted by atomic mass is 10.1. The van der Waals surface area contributed by atoms with Crippen molar-refractivity contribution in [2.45, 2.75) is 62.9 Å². The molecule has 0 fully saturated rings. The van der Waals surface area contributed by atoms with Gasteiger partial charge in [-0.3, -0.25) is 28.8 Å². The van der Waals surface area contributed by atoms with Gasteiger partial charge in [-0.25, -0.2) is 4.79 Å². The van der Waals surface area contributed by atoms with E-state index in [0.717, 1.165) is 6.92 Å². The molecular weight excluding hydrogens is 450 g/mol. The zero-order valence-electron chi connectivity index (χ0n) is 17.5. The van der Waals surface area contributed by atoms with Crippen molar-refractivity contribution in [2.24, 2.45) is 11.5 Å². The molecule has 186 valence electrons. The Labute approximate surface area is 186 Å². The fraction of sp³-hybridized carbons (Fsp3) is 0.588. The number of aliphatic hydroxyl groups excluding tert-OH is 1. The monoisotopic (exact) mass is 477 g/mol. The zero-order chi connectivity index (χ0) is 25.9. The summed E-state index contributed by atoms with van der Waals surface area (Å²) in [4.78, 5) is 80.7. The smallest absolute Gasteiger partial charge is 0.326 e. The van der Waals surface area contributed by atoms with Gasteiger partial charge in [-0.1, -0.05) is 0 Å². The van der Waals surface area contributed by atoms with Crippen LogP contribution in [0, 0.1) is 0 Å². The second-order valence-electron chi connectivity index (χ2n) is 6.99. The van der Waals surface area contributed by atoms with E-state index in [4.69, 9.17) is 26.8 Å². The highest BCUT2D eigenvalue weighted by atomic mass is 16.4. The molecule has 4 amide bonds. The van der Waals surface area contributed by atoms with Crippen LogP contribution in [-0.4, -0.2) is 92.2 Å². The average molecular weight is 477 g/mol. The van der Waals surface area contributed by atoms with Gasteiger partial charge in [-0.15, -0.1) is 0 Å². The summed E-state index contributed by atoms with van der Waals surface area (Å²) in [5.41, 5.74) is 10.4. The number of carbonyl (C=O) groups is 7. The number of carboxylic acids is 3. The van der Waals surface area contributed by atoms with Crippen molar-refractivity contribution in [1.82, 2.24) is 16.0 Å². The van der Waals surface area contributed by atoms with E-state index in [2.05, 4.69) is 5.32 Å². The Kier molecular flexibility index (Phi) is 12.0. The zero-order valence-corrected chi connectivity index (χ0v) is 17.5. The maximum absolute atomic E-state index is 12.6. The number of nitrogens with one attached hydrogen (secondary N) is 3. The molecule has 0 aromatic rings. The van der Waals surface area contributed by atoms with Crippen LogP contribution in [0.4, 0.5) is 0 Å². The van der Waals surface area contributed by atoms with Crippen LogP contribution in [0.15, 0.2) is 0 Å². The van der Waals surface area contributed by atoms with Gasteiger partial charge in [-0.2, -0.15) is 0 Å². The molecule has 0 rings (SSSR count). The van der Waals surface area contributed by atoms with Gasteiger partial charge >= 0.3 is 17.9 Å². The standard InChI is InChI=1S/C17H27N5O11/c1-6(23)13(16(31)21-9(17(32)33)5-12(27)28)22-15(30)8(2-3-11(25)26)20-14(29)7(18)4-10(19)24/h6-9,13,23H,2-5,18H2,1H3,(H2,19,24)(H,20,29)(H,21,31)(H,22,30)(H,25,26)(H,27,28)(H,32,33). The van der Waals surface area contributed by atoms with Crippen molar-refractivity contribution < 1.29 is 54.0 Å². The van der Waals surface area contributed by atoms with Gasteiger partial charge in [0.1, 0.15) is 18.1 Å². The first-order chi connectivity index (χ1) is 15.1. The third-order valence-electron chi connectivity index (χ3n) is 4.09. The molecule has 0 spiro atoms. The molecule has 16 heteroatoms. The lowest BCUT2D eigenvalue weighted by Gasteiger charge is -2.26. The van der Waals surface area contributed by atoms with Crippen molar-refractivity contribution in [3.8, 4) is 0 Å². The number of carboxylic acid groups (broad SMARTS) is 3. The van der Waals surface area contributed by atoms with E-state index < -0.39 is 97.5 Å². The minimum absolute atomic E-state index is 0.471. The molecule has 0 aromatic carbocycles. The third-order valence-corrected chi connectivity index (χ3v) is 4.09. The summed E-state index contributed by atoms with van der Waals surface area (Å²) < 4.78 is 0. The molecule has 0 saturated heterocycles. The molecule has 0 aliphatic heterocycles. The number of hydrogen-bond acceptors (Lipinski definition) is 9. The van der Waals surface area contributed by atoms with Gasteiger partial charge in [-0.05, 0) is 13.3 Å². The number of aliphatic hydroxyl groups is 1. The van der Waals surface area contributed by atoms with Crippen LogP contribution in [0.3, 0.4) is 0 Å². The van der Waals surface area contributed by atoms with E-state index in [1.165, 1.54) is 0 Å². The summed E-state index contributed by atoms with van der Waals surface area (Å²) in [6.07, 6.45) is -4.24. The Hall–Kier alpha value is -3.79. The van der Waals surface area contributed by atoms with E-state index in [1.807, 2.05) is 10.6 Å². The second kappa shape index (κ2) is 13.6. The Morgan fingerprint density at radius 3 is 1.76 bits per heavy atom. The molecule has 5 unspecified atom stereocenters. The predicted molar refractivity (Wildman–Crippen MR) is 106 cm³/mol. The Morgan fingerprint density at radius 2 is 1.33 bits per heavy atom. The Morgan fingerprint density at radius 1 is 0.788 bits per heavy atom. The minimum Gasteiger partial charge on any atom is -0.481 e. The quantitative estimate of drug-likeness (QED) is 0.108. The molecule has 0 aliphatic carbocycles. The molecule has 16 nitrogen and oxygen atoms in total. The molecule has 0 aromatic heterocycles. The summed E-state index contributed by atoms with van der Waals surface area (Å²) in [5.74, 6) is -8.87. The topological polar surface area (TPSA) is 289 Å². The molecular formula is C17H27N5O11. The van der Waals surface area contributed by atoms with Gasteiger partial charge in [0.05, 0.1) is 25.0 Å². The van der Waals surface area contributed by atoms with Crippen LogP contribution in [-0.2, 0) is 33.6 Å². The number of carbonyl (C=O) groups excluding carboxylic acids is 4. The lowest BCUT2D eigenvalue weighted by molar-refractivity contribution is -0.148. The van der Waals surface area contributed by atoms with Crippen LogP contribution in [0.1, 0.15) is 32.6 Å². The minimum atomic E-state index is -1.87. The highest BCUT2D eigenvalue weighted by Crippen LogP contribution is 2.04. The molecule has 0 heterocycles. The number of amides is 4. The van der Waals surface area contributed by atoms with E-state index in [-0.39, 0.29) is 0 Å². The van der Waals surface area contributed by atoms with Gasteiger partial charge in [0.15, 0.2) is 0 Å². The van der Waals surface area contributed by atoms with Crippen LogP contribution >= 0.6 is 0 Å². The average Bonchev–Trinajstić information content (AvgIpc) is 2.66. The first kappa shape index (κ1) is 29.2. The van der Waals surface area contributed by atoms with Crippen molar-refractivity contribution in [1.29, 1.82) is 0 Å². The summed E-state index contributed by atoms with van der Waals surface area (Å²) in [6, 6.07) is -6.69. The van der Waals surface area contributed by atoms with E-state index in [1.54, 1.807) is 0 Å². The lowest BCUT2D eigenvalue weighted by Crippen LogP contribution is -2.60.